The van der Waals surface area contributed by atoms with E-state index in [1.165, 1.54) is 11.1 Å². The van der Waals surface area contributed by atoms with E-state index in [-0.39, 0.29) is 17.0 Å². The largest absolute Gasteiger partial charge is 0.379 e. The molecule has 166 valence electrons. The molecule has 0 bridgehead atoms. The molecule has 2 aliphatic rings. The van der Waals surface area contributed by atoms with Crippen LogP contribution < -0.4 is 16.2 Å². The van der Waals surface area contributed by atoms with Crippen LogP contribution >= 0.6 is 0 Å². The number of pyridine rings is 2. The molecule has 3 heterocycles. The van der Waals surface area contributed by atoms with Crippen LogP contribution in [-0.2, 0) is 24.1 Å². The number of hydrogen-bond donors (Lipinski definition) is 2. The zero-order chi connectivity index (χ0) is 22.1. The summed E-state index contributed by atoms with van der Waals surface area (Å²) in [6.07, 6.45) is 5.20. The number of nitrogens with one attached hydrogen (secondary N) is 2. The number of hydrazine groups is 1. The number of amides is 1. The molecule has 3 aromatic rings. The van der Waals surface area contributed by atoms with Gasteiger partial charge in [0.05, 0.1) is 30.3 Å². The summed E-state index contributed by atoms with van der Waals surface area (Å²) in [6.45, 7) is 4.93. The first-order valence-corrected chi connectivity index (χ1v) is 11.1. The maximum absolute atomic E-state index is 13.3. The van der Waals surface area contributed by atoms with E-state index in [4.69, 9.17) is 4.74 Å². The quantitative estimate of drug-likeness (QED) is 0.640. The first kappa shape index (κ1) is 20.7. The van der Waals surface area contributed by atoms with E-state index in [1.54, 1.807) is 23.5 Å². The average Bonchev–Trinajstić information content (AvgIpc) is 3.22. The highest BCUT2D eigenvalue weighted by molar-refractivity contribution is 5.97. The molecule has 8 nitrogen and oxygen atoms in total. The Morgan fingerprint density at radius 3 is 2.59 bits per heavy atom. The summed E-state index contributed by atoms with van der Waals surface area (Å²) in [5.41, 5.74) is 6.12. The first-order valence-electron chi connectivity index (χ1n) is 11.1. The molecule has 1 aliphatic carbocycles. The number of anilines is 1. The molecule has 8 heteroatoms. The lowest BCUT2D eigenvalue weighted by Crippen LogP contribution is -2.49. The molecule has 0 radical (unpaired) electrons. The number of benzene rings is 1. The highest BCUT2D eigenvalue weighted by atomic mass is 16.5. The fourth-order valence-corrected chi connectivity index (χ4v) is 4.54. The van der Waals surface area contributed by atoms with Crippen molar-refractivity contribution in [1.82, 2.24) is 20.0 Å². The van der Waals surface area contributed by atoms with E-state index in [1.807, 2.05) is 11.5 Å². The Kier molecular flexibility index (Phi) is 5.63. The van der Waals surface area contributed by atoms with Crippen LogP contribution in [0.5, 0.6) is 0 Å². The van der Waals surface area contributed by atoms with E-state index in [0.717, 1.165) is 18.4 Å². The van der Waals surface area contributed by atoms with Gasteiger partial charge in [0.2, 0.25) is 5.43 Å². The van der Waals surface area contributed by atoms with Gasteiger partial charge < -0.3 is 14.6 Å². The lowest BCUT2D eigenvalue weighted by Gasteiger charge is -2.27. The Hall–Kier alpha value is -3.23. The third-order valence-electron chi connectivity index (χ3n) is 6.23. The van der Waals surface area contributed by atoms with Crippen molar-refractivity contribution in [3.05, 3.63) is 69.6 Å². The zero-order valence-electron chi connectivity index (χ0n) is 18.1. The van der Waals surface area contributed by atoms with Crippen LogP contribution in [0.2, 0.25) is 0 Å². The Balaban J connectivity index is 1.43. The number of aromatic nitrogens is 2. The summed E-state index contributed by atoms with van der Waals surface area (Å²) >= 11 is 0. The van der Waals surface area contributed by atoms with E-state index in [0.29, 0.717) is 44.1 Å². The van der Waals surface area contributed by atoms with E-state index in [9.17, 15) is 9.59 Å². The van der Waals surface area contributed by atoms with Crippen molar-refractivity contribution in [1.29, 1.82) is 0 Å². The molecule has 1 aromatic carbocycles. The van der Waals surface area contributed by atoms with Gasteiger partial charge in [-0.25, -0.2) is 9.99 Å². The minimum absolute atomic E-state index is 0.135. The van der Waals surface area contributed by atoms with E-state index < -0.39 is 5.91 Å². The minimum Gasteiger partial charge on any atom is -0.379 e. The van der Waals surface area contributed by atoms with Gasteiger partial charge in [0.1, 0.15) is 11.4 Å². The van der Waals surface area contributed by atoms with Crippen molar-refractivity contribution in [3.63, 3.8) is 0 Å². The second kappa shape index (κ2) is 8.72. The number of ether oxygens (including phenoxy) is 1. The maximum atomic E-state index is 13.3. The number of nitrogens with zero attached hydrogens (tertiary/aromatic N) is 3. The van der Waals surface area contributed by atoms with Crippen molar-refractivity contribution in [3.8, 4) is 0 Å². The molecular weight excluding hydrogens is 406 g/mol. The van der Waals surface area contributed by atoms with Gasteiger partial charge in [0.25, 0.3) is 5.91 Å². The molecule has 0 unspecified atom stereocenters. The summed E-state index contributed by atoms with van der Waals surface area (Å²) in [6, 6.07) is 10.4. The van der Waals surface area contributed by atoms with Crippen LogP contribution in [-0.4, -0.2) is 52.8 Å². The van der Waals surface area contributed by atoms with Crippen LogP contribution in [0.15, 0.2) is 47.5 Å². The van der Waals surface area contributed by atoms with Crippen molar-refractivity contribution < 1.29 is 9.53 Å². The molecule has 1 fully saturated rings. The average molecular weight is 434 g/mol. The highest BCUT2D eigenvalue weighted by Crippen LogP contribution is 2.24. The third-order valence-corrected chi connectivity index (χ3v) is 6.23. The summed E-state index contributed by atoms with van der Waals surface area (Å²) in [7, 11) is 0. The number of carbonyl (C=O) groups excluding carboxylic acids is 1. The maximum Gasteiger partial charge on any atom is 0.271 e. The fourth-order valence-electron chi connectivity index (χ4n) is 4.54. The molecule has 2 aromatic heterocycles. The van der Waals surface area contributed by atoms with Gasteiger partial charge in [-0.3, -0.25) is 15.0 Å². The molecule has 0 saturated carbocycles. The molecule has 0 atom stereocenters. The predicted molar refractivity (Wildman–Crippen MR) is 123 cm³/mol. The number of carbonyl (C=O) groups is 1. The number of fused-ring (bicyclic) bond motifs is 2. The van der Waals surface area contributed by atoms with Gasteiger partial charge in [0.15, 0.2) is 0 Å². The number of aryl methyl sites for hydroxylation is 1. The van der Waals surface area contributed by atoms with Gasteiger partial charge in [-0.05, 0) is 37.0 Å². The van der Waals surface area contributed by atoms with Gasteiger partial charge >= 0.3 is 0 Å². The molecule has 1 saturated heterocycles. The molecular formula is C24H27N5O3. The second-order valence-corrected chi connectivity index (χ2v) is 8.30. The van der Waals surface area contributed by atoms with Crippen molar-refractivity contribution >= 4 is 22.6 Å². The normalized spacial score (nSPS) is 16.8. The van der Waals surface area contributed by atoms with E-state index >= 15 is 0 Å². The zero-order valence-corrected chi connectivity index (χ0v) is 18.1. The third kappa shape index (κ3) is 3.99. The summed E-state index contributed by atoms with van der Waals surface area (Å²) in [5, 5.41) is 5.77. The van der Waals surface area contributed by atoms with Crippen LogP contribution in [0.1, 0.15) is 28.4 Å². The fraction of sp³-hybridized carbons (Fsp3) is 0.375. The molecule has 5 rings (SSSR count). The van der Waals surface area contributed by atoms with Crippen molar-refractivity contribution in [2.45, 2.75) is 32.4 Å². The summed E-state index contributed by atoms with van der Waals surface area (Å²) < 4.78 is 7.22. The van der Waals surface area contributed by atoms with Crippen molar-refractivity contribution in [2.75, 3.05) is 31.6 Å². The Labute approximate surface area is 186 Å². The molecule has 1 aliphatic heterocycles. The molecule has 0 spiro atoms. The van der Waals surface area contributed by atoms with Gasteiger partial charge in [-0.1, -0.05) is 24.3 Å². The van der Waals surface area contributed by atoms with Gasteiger partial charge in [-0.2, -0.15) is 0 Å². The van der Waals surface area contributed by atoms with Crippen LogP contribution in [0.3, 0.4) is 0 Å². The first-order chi connectivity index (χ1) is 15.6. The second-order valence-electron chi connectivity index (χ2n) is 8.30. The Bertz CT molecular complexity index is 1190. The van der Waals surface area contributed by atoms with Crippen LogP contribution in [0.25, 0.3) is 10.9 Å². The standard InChI is InChI=1S/C24H27N5O3/c1-2-28-15-20(24(31)27-29-7-9-32-10-8-29)23(30)19-13-22(25-14-21(19)28)26-18-11-16-5-3-4-6-17(16)12-18/h3-6,13-15,18H,2,7-12H2,1H3,(H,25,26)(H,27,31). The molecule has 32 heavy (non-hydrogen) atoms. The SMILES string of the molecule is CCn1cc(C(=O)NN2CCOCC2)c(=O)c2cc(NC3Cc4ccccc4C3)ncc21. The summed E-state index contributed by atoms with van der Waals surface area (Å²) in [4.78, 5) is 30.7. The van der Waals surface area contributed by atoms with Crippen molar-refractivity contribution in [2.24, 2.45) is 0 Å². The van der Waals surface area contributed by atoms with E-state index in [2.05, 4.69) is 40.0 Å². The topological polar surface area (TPSA) is 88.5 Å². The minimum atomic E-state index is -0.390. The number of hydrogen-bond acceptors (Lipinski definition) is 6. The number of rotatable bonds is 5. The van der Waals surface area contributed by atoms with Gasteiger partial charge in [-0.15, -0.1) is 0 Å². The lowest BCUT2D eigenvalue weighted by atomic mass is 10.1. The highest BCUT2D eigenvalue weighted by Gasteiger charge is 2.22. The van der Waals surface area contributed by atoms with Crippen LogP contribution in [0.4, 0.5) is 5.82 Å². The lowest BCUT2D eigenvalue weighted by molar-refractivity contribution is 0.0126. The molecule has 1 amide bonds. The smallest absolute Gasteiger partial charge is 0.271 e. The van der Waals surface area contributed by atoms with Gasteiger partial charge in [0, 0.05) is 31.9 Å². The number of morpholine rings is 1. The summed E-state index contributed by atoms with van der Waals surface area (Å²) in [5.74, 6) is 0.263. The molecule has 2 N–H and O–H groups in total. The Morgan fingerprint density at radius 1 is 1.19 bits per heavy atom. The van der Waals surface area contributed by atoms with Crippen LogP contribution in [0, 0.1) is 0 Å². The monoisotopic (exact) mass is 433 g/mol. The Morgan fingerprint density at radius 2 is 1.91 bits per heavy atom. The predicted octanol–water partition coefficient (Wildman–Crippen LogP) is 1.97.